The number of carbonyl (C=O) groups is 1. The Labute approximate surface area is 185 Å². The van der Waals surface area contributed by atoms with Crippen LogP contribution < -0.4 is 10.2 Å². The SMILES string of the molecule is CCCc1cc(N2CC3(CCC(NC(=O)C4CC45CC(C)(C)C5)CC3)C2)nc(Cl)n1. The second kappa shape index (κ2) is 7.08. The monoisotopic (exact) mass is 430 g/mol. The minimum Gasteiger partial charge on any atom is -0.355 e. The van der Waals surface area contributed by atoms with Gasteiger partial charge in [-0.15, -0.1) is 0 Å². The van der Waals surface area contributed by atoms with Crippen LogP contribution in [0.25, 0.3) is 0 Å². The van der Waals surface area contributed by atoms with E-state index < -0.39 is 0 Å². The number of anilines is 1. The zero-order valence-electron chi connectivity index (χ0n) is 18.6. The van der Waals surface area contributed by atoms with Crippen molar-refractivity contribution >= 4 is 23.3 Å². The van der Waals surface area contributed by atoms with E-state index in [0.29, 0.717) is 39.4 Å². The van der Waals surface area contributed by atoms with Crippen LogP contribution in [-0.2, 0) is 11.2 Å². The first-order valence-electron chi connectivity index (χ1n) is 11.8. The number of aryl methyl sites for hydroxylation is 1. The van der Waals surface area contributed by atoms with Crippen molar-refractivity contribution in [1.82, 2.24) is 15.3 Å². The molecule has 6 heteroatoms. The van der Waals surface area contributed by atoms with Crippen molar-refractivity contribution in [3.05, 3.63) is 17.0 Å². The molecule has 2 spiro atoms. The van der Waals surface area contributed by atoms with Gasteiger partial charge in [0.15, 0.2) is 0 Å². The number of halogens is 1. The lowest BCUT2D eigenvalue weighted by Gasteiger charge is -2.54. The summed E-state index contributed by atoms with van der Waals surface area (Å²) in [6.45, 7) is 8.91. The summed E-state index contributed by atoms with van der Waals surface area (Å²) in [5.41, 5.74) is 2.25. The number of nitrogens with one attached hydrogen (secondary N) is 1. The Bertz CT molecular complexity index is 830. The third-order valence-electron chi connectivity index (χ3n) is 8.18. The van der Waals surface area contributed by atoms with Crippen molar-refractivity contribution in [3.8, 4) is 0 Å². The highest BCUT2D eigenvalue weighted by molar-refractivity contribution is 6.28. The molecule has 1 N–H and O–H groups in total. The molecule has 3 aliphatic carbocycles. The first kappa shape index (κ1) is 20.5. The van der Waals surface area contributed by atoms with Gasteiger partial charge >= 0.3 is 0 Å². The maximum absolute atomic E-state index is 12.7. The Morgan fingerprint density at radius 3 is 2.57 bits per heavy atom. The molecule has 0 radical (unpaired) electrons. The first-order chi connectivity index (χ1) is 14.2. The van der Waals surface area contributed by atoms with Gasteiger partial charge in [0.05, 0.1) is 0 Å². The van der Waals surface area contributed by atoms with E-state index in [1.165, 1.54) is 25.7 Å². The smallest absolute Gasteiger partial charge is 0.224 e. The van der Waals surface area contributed by atoms with Gasteiger partial charge in [0.25, 0.3) is 0 Å². The van der Waals surface area contributed by atoms with Crippen molar-refractivity contribution in [1.29, 1.82) is 0 Å². The summed E-state index contributed by atoms with van der Waals surface area (Å²) in [7, 11) is 0. The highest BCUT2D eigenvalue weighted by Crippen LogP contribution is 2.71. The molecule has 1 aromatic rings. The number of amides is 1. The molecular formula is C24H35ClN4O. The molecule has 1 amide bonds. The van der Waals surface area contributed by atoms with Gasteiger partial charge in [-0.3, -0.25) is 4.79 Å². The largest absolute Gasteiger partial charge is 0.355 e. The summed E-state index contributed by atoms with van der Waals surface area (Å²) >= 11 is 6.15. The number of aromatic nitrogens is 2. The predicted molar refractivity (Wildman–Crippen MR) is 120 cm³/mol. The molecule has 2 heterocycles. The Balaban J connectivity index is 1.10. The molecule has 1 atom stereocenters. The minimum absolute atomic E-state index is 0.292. The van der Waals surface area contributed by atoms with Gasteiger partial charge in [0.2, 0.25) is 11.2 Å². The lowest BCUT2D eigenvalue weighted by molar-refractivity contribution is -0.125. The van der Waals surface area contributed by atoms with Crippen molar-refractivity contribution < 1.29 is 4.79 Å². The molecule has 3 saturated carbocycles. The number of hydrogen-bond acceptors (Lipinski definition) is 4. The lowest BCUT2D eigenvalue weighted by atomic mass is 9.61. The van der Waals surface area contributed by atoms with E-state index in [2.05, 4.69) is 47.0 Å². The number of hydrogen-bond donors (Lipinski definition) is 1. The Hall–Kier alpha value is -1.36. The van der Waals surface area contributed by atoms with Crippen LogP contribution in [0.3, 0.4) is 0 Å². The molecule has 1 saturated heterocycles. The van der Waals surface area contributed by atoms with Gasteiger partial charge in [0.1, 0.15) is 5.82 Å². The Kier molecular flexibility index (Phi) is 4.85. The summed E-state index contributed by atoms with van der Waals surface area (Å²) in [4.78, 5) is 23.9. The molecule has 5 rings (SSSR count). The van der Waals surface area contributed by atoms with E-state index >= 15 is 0 Å². The van der Waals surface area contributed by atoms with Crippen molar-refractivity contribution in [3.63, 3.8) is 0 Å². The van der Waals surface area contributed by atoms with Gasteiger partial charge in [-0.05, 0) is 73.8 Å². The third kappa shape index (κ3) is 3.72. The summed E-state index contributed by atoms with van der Waals surface area (Å²) < 4.78 is 0. The predicted octanol–water partition coefficient (Wildman–Crippen LogP) is 4.77. The summed E-state index contributed by atoms with van der Waals surface area (Å²) in [6.07, 6.45) is 10.2. The van der Waals surface area contributed by atoms with Gasteiger partial charge in [-0.1, -0.05) is 27.2 Å². The molecule has 5 nitrogen and oxygen atoms in total. The van der Waals surface area contributed by atoms with Gasteiger partial charge in [-0.2, -0.15) is 0 Å². The molecule has 1 unspecified atom stereocenters. The quantitative estimate of drug-likeness (QED) is 0.683. The summed E-state index contributed by atoms with van der Waals surface area (Å²) in [6, 6.07) is 2.47. The van der Waals surface area contributed by atoms with Gasteiger partial charge in [-0.25, -0.2) is 9.97 Å². The molecule has 30 heavy (non-hydrogen) atoms. The average molecular weight is 431 g/mol. The molecule has 4 fully saturated rings. The fourth-order valence-electron chi connectivity index (χ4n) is 6.88. The van der Waals surface area contributed by atoms with E-state index in [0.717, 1.165) is 56.7 Å². The first-order valence-corrected chi connectivity index (χ1v) is 12.2. The minimum atomic E-state index is 0.292. The second-order valence-electron chi connectivity index (χ2n) is 11.5. The summed E-state index contributed by atoms with van der Waals surface area (Å²) in [5.74, 6) is 1.60. The highest BCUT2D eigenvalue weighted by Gasteiger charge is 2.66. The fraction of sp³-hybridized carbons (Fsp3) is 0.792. The fourth-order valence-corrected chi connectivity index (χ4v) is 7.07. The zero-order valence-corrected chi connectivity index (χ0v) is 19.4. The summed E-state index contributed by atoms with van der Waals surface area (Å²) in [5, 5.41) is 3.76. The van der Waals surface area contributed by atoms with E-state index in [9.17, 15) is 4.79 Å². The zero-order chi connectivity index (χ0) is 21.1. The van der Waals surface area contributed by atoms with Crippen molar-refractivity contribution in [2.75, 3.05) is 18.0 Å². The van der Waals surface area contributed by atoms with Gasteiger partial charge < -0.3 is 10.2 Å². The third-order valence-corrected chi connectivity index (χ3v) is 8.35. The standard InChI is InChI=1S/C24H35ClN4O/c1-4-5-17-10-19(28-21(25)27-17)29-14-23(15-29)8-6-16(7-9-23)26-20(30)18-11-24(18)12-22(2,3)13-24/h10,16,18H,4-9,11-15H2,1-3H3,(H,26,30). The van der Waals surface area contributed by atoms with Crippen LogP contribution in [0.4, 0.5) is 5.82 Å². The van der Waals surface area contributed by atoms with Crippen LogP contribution in [0.1, 0.15) is 77.8 Å². The molecule has 0 aromatic carbocycles. The Morgan fingerprint density at radius 2 is 1.93 bits per heavy atom. The maximum atomic E-state index is 12.7. The van der Waals surface area contributed by atoms with Gasteiger partial charge in [0, 0.05) is 42.2 Å². The topological polar surface area (TPSA) is 58.1 Å². The number of rotatable bonds is 5. The molecular weight excluding hydrogens is 396 g/mol. The van der Waals surface area contributed by atoms with Crippen molar-refractivity contribution in [2.24, 2.45) is 22.2 Å². The van der Waals surface area contributed by atoms with E-state index in [4.69, 9.17) is 11.6 Å². The van der Waals surface area contributed by atoms with Crippen LogP contribution in [0.2, 0.25) is 5.28 Å². The number of carbonyl (C=O) groups excluding carboxylic acids is 1. The van der Waals surface area contributed by atoms with Crippen LogP contribution in [0, 0.1) is 22.2 Å². The van der Waals surface area contributed by atoms with E-state index in [1.54, 1.807) is 0 Å². The molecule has 164 valence electrons. The average Bonchev–Trinajstić information content (AvgIpc) is 3.34. The highest BCUT2D eigenvalue weighted by atomic mass is 35.5. The van der Waals surface area contributed by atoms with Crippen LogP contribution >= 0.6 is 11.6 Å². The van der Waals surface area contributed by atoms with E-state index in [-0.39, 0.29) is 0 Å². The van der Waals surface area contributed by atoms with Crippen LogP contribution in [-0.4, -0.2) is 35.0 Å². The molecule has 0 bridgehead atoms. The maximum Gasteiger partial charge on any atom is 0.224 e. The van der Waals surface area contributed by atoms with Crippen LogP contribution in [0.5, 0.6) is 0 Å². The van der Waals surface area contributed by atoms with Crippen LogP contribution in [0.15, 0.2) is 6.07 Å². The molecule has 1 aromatic heterocycles. The number of nitrogens with zero attached hydrogens (tertiary/aromatic N) is 3. The molecule has 1 aliphatic heterocycles. The van der Waals surface area contributed by atoms with Crippen molar-refractivity contribution in [2.45, 2.75) is 84.6 Å². The normalized spacial score (nSPS) is 28.1. The lowest BCUT2D eigenvalue weighted by Crippen LogP contribution is -2.59. The Morgan fingerprint density at radius 1 is 1.23 bits per heavy atom. The molecule has 4 aliphatic rings. The van der Waals surface area contributed by atoms with E-state index in [1.807, 2.05) is 0 Å². The second-order valence-corrected chi connectivity index (χ2v) is 11.9.